The van der Waals surface area contributed by atoms with Gasteiger partial charge in [0.05, 0.1) is 17.8 Å². The van der Waals surface area contributed by atoms with Crippen molar-refractivity contribution in [1.29, 1.82) is 0 Å². The fraction of sp³-hybridized carbons (Fsp3) is 0.667. The van der Waals surface area contributed by atoms with E-state index in [2.05, 4.69) is 0 Å². The smallest absolute Gasteiger partial charge is 0.467 e. The van der Waals surface area contributed by atoms with E-state index in [0.29, 0.717) is 5.66 Å². The molecule has 0 saturated carbocycles. The largest absolute Gasteiger partial charge is 0.532 e. The second-order valence-electron chi connectivity index (χ2n) is 5.65. The van der Waals surface area contributed by atoms with Crippen LogP contribution in [0.15, 0.2) is 16.5 Å². The van der Waals surface area contributed by atoms with Gasteiger partial charge in [-0.15, -0.1) is 0 Å². The predicted molar refractivity (Wildman–Crippen MR) is 63.1 cm³/mol. The average molecular weight is 236 g/mol. The van der Waals surface area contributed by atoms with E-state index in [4.69, 9.17) is 18.5 Å². The van der Waals surface area contributed by atoms with Gasteiger partial charge in [-0.2, -0.15) is 0 Å². The quantitative estimate of drug-likeness (QED) is 0.578. The van der Waals surface area contributed by atoms with Crippen molar-refractivity contribution in [3.63, 3.8) is 0 Å². The van der Waals surface area contributed by atoms with Crippen molar-refractivity contribution in [1.82, 2.24) is 0 Å². The summed E-state index contributed by atoms with van der Waals surface area (Å²) in [5.41, 5.74) is 0.0515. The summed E-state index contributed by atoms with van der Waals surface area (Å²) in [6.45, 7) is 8.86. The third-order valence-electron chi connectivity index (χ3n) is 3.78. The number of furan rings is 1. The zero-order valence-electron chi connectivity index (χ0n) is 10.6. The van der Waals surface area contributed by atoms with Crippen molar-refractivity contribution in [2.24, 2.45) is 0 Å². The summed E-state index contributed by atoms with van der Waals surface area (Å²) in [7, 11) is -0.424. The number of epoxide rings is 1. The summed E-state index contributed by atoms with van der Waals surface area (Å²) in [4.78, 5) is 0. The van der Waals surface area contributed by atoms with Gasteiger partial charge in [0.2, 0.25) is 0 Å². The average Bonchev–Trinajstić information content (AvgIpc) is 2.89. The monoisotopic (exact) mass is 236 g/mol. The third-order valence-corrected chi connectivity index (χ3v) is 3.78. The number of rotatable bonds is 2. The van der Waals surface area contributed by atoms with Crippen LogP contribution in [0, 0.1) is 0 Å². The van der Waals surface area contributed by atoms with Gasteiger partial charge >= 0.3 is 7.12 Å². The van der Waals surface area contributed by atoms with Crippen molar-refractivity contribution >= 4 is 12.8 Å². The molecule has 2 saturated heterocycles. The number of ether oxygens (including phenoxy) is 1. The minimum atomic E-state index is -0.424. The van der Waals surface area contributed by atoms with Crippen LogP contribution in [-0.4, -0.2) is 24.9 Å². The van der Waals surface area contributed by atoms with Gasteiger partial charge in [0.25, 0.3) is 0 Å². The SMILES string of the molecule is CC1(C)OB(c2ccc([C@H]3CO3)o2)OC1(C)C. The maximum absolute atomic E-state index is 5.91. The Balaban J connectivity index is 1.81. The summed E-state index contributed by atoms with van der Waals surface area (Å²) < 4.78 is 22.7. The van der Waals surface area contributed by atoms with Gasteiger partial charge in [-0.05, 0) is 39.8 Å². The molecule has 3 heterocycles. The summed E-state index contributed by atoms with van der Waals surface area (Å²) in [6.07, 6.45) is 0.131. The summed E-state index contributed by atoms with van der Waals surface area (Å²) in [5.74, 6) is 0.856. The van der Waals surface area contributed by atoms with Crippen molar-refractivity contribution in [2.45, 2.75) is 45.0 Å². The van der Waals surface area contributed by atoms with E-state index in [1.807, 2.05) is 39.8 Å². The van der Waals surface area contributed by atoms with Gasteiger partial charge < -0.3 is 18.5 Å². The maximum Gasteiger partial charge on any atom is 0.532 e. The molecule has 1 aromatic rings. The van der Waals surface area contributed by atoms with Gasteiger partial charge in [0.1, 0.15) is 17.5 Å². The first kappa shape index (κ1) is 11.3. The maximum atomic E-state index is 5.91. The van der Waals surface area contributed by atoms with Crippen molar-refractivity contribution < 1.29 is 18.5 Å². The Morgan fingerprint density at radius 1 is 1.12 bits per heavy atom. The highest BCUT2D eigenvalue weighted by atomic mass is 16.7. The van der Waals surface area contributed by atoms with Gasteiger partial charge in [-0.3, -0.25) is 0 Å². The molecule has 5 heteroatoms. The molecule has 2 aliphatic rings. The first-order valence-electron chi connectivity index (χ1n) is 5.96. The molecule has 0 radical (unpaired) electrons. The lowest BCUT2D eigenvalue weighted by Crippen LogP contribution is -2.41. The highest BCUT2D eigenvalue weighted by Gasteiger charge is 2.53. The molecule has 17 heavy (non-hydrogen) atoms. The van der Waals surface area contributed by atoms with Gasteiger partial charge in [-0.25, -0.2) is 0 Å². The Hall–Kier alpha value is -0.775. The zero-order valence-corrected chi connectivity index (χ0v) is 10.6. The minimum absolute atomic E-state index is 0.131. The molecule has 1 atom stereocenters. The molecular formula is C12H17BO4. The van der Waals surface area contributed by atoms with E-state index >= 15 is 0 Å². The summed E-state index contributed by atoms with van der Waals surface area (Å²) >= 11 is 0. The van der Waals surface area contributed by atoms with Crippen molar-refractivity contribution in [2.75, 3.05) is 6.61 Å². The Kier molecular flexibility index (Phi) is 2.25. The molecular weight excluding hydrogens is 219 g/mol. The zero-order chi connectivity index (χ0) is 12.3. The minimum Gasteiger partial charge on any atom is -0.467 e. The van der Waals surface area contributed by atoms with Gasteiger partial charge in [-0.1, -0.05) is 0 Å². The standard InChI is InChI=1S/C12H17BO4/c1-11(2)12(3,4)17-13(16-11)10-6-5-8(15-10)9-7-14-9/h5-6,9H,7H2,1-4H3/t9-/m1/s1. The molecule has 0 aromatic carbocycles. The molecule has 0 unspecified atom stereocenters. The van der Waals surface area contributed by atoms with Crippen LogP contribution >= 0.6 is 0 Å². The molecule has 0 spiro atoms. The molecule has 3 rings (SSSR count). The van der Waals surface area contributed by atoms with Crippen LogP contribution in [0.5, 0.6) is 0 Å². The van der Waals surface area contributed by atoms with Crippen LogP contribution in [0.25, 0.3) is 0 Å². The van der Waals surface area contributed by atoms with Crippen LogP contribution in [0.3, 0.4) is 0 Å². The van der Waals surface area contributed by atoms with Crippen molar-refractivity contribution in [3.8, 4) is 0 Å². The van der Waals surface area contributed by atoms with E-state index in [0.717, 1.165) is 12.4 Å². The Bertz CT molecular complexity index is 417. The van der Waals surface area contributed by atoms with Crippen LogP contribution in [0.4, 0.5) is 0 Å². The molecule has 2 aliphatic heterocycles. The van der Waals surface area contributed by atoms with E-state index in [1.165, 1.54) is 0 Å². The summed E-state index contributed by atoms with van der Waals surface area (Å²) in [6, 6.07) is 3.83. The van der Waals surface area contributed by atoms with Gasteiger partial charge in [0.15, 0.2) is 0 Å². The second kappa shape index (κ2) is 3.37. The normalized spacial score (nSPS) is 29.6. The summed E-state index contributed by atoms with van der Waals surface area (Å²) in [5, 5.41) is 0. The Morgan fingerprint density at radius 2 is 1.71 bits per heavy atom. The first-order valence-corrected chi connectivity index (χ1v) is 5.96. The first-order chi connectivity index (χ1) is 7.89. The topological polar surface area (TPSA) is 44.1 Å². The molecule has 0 aliphatic carbocycles. The molecule has 0 amide bonds. The number of hydrogen-bond donors (Lipinski definition) is 0. The van der Waals surface area contributed by atoms with E-state index in [1.54, 1.807) is 0 Å². The fourth-order valence-electron chi connectivity index (χ4n) is 1.84. The van der Waals surface area contributed by atoms with E-state index < -0.39 is 7.12 Å². The van der Waals surface area contributed by atoms with Crippen LogP contribution < -0.4 is 5.66 Å². The lowest BCUT2D eigenvalue weighted by atomic mass is 9.86. The third kappa shape index (κ3) is 1.82. The molecule has 2 fully saturated rings. The highest BCUT2D eigenvalue weighted by molar-refractivity contribution is 6.60. The molecule has 0 bridgehead atoms. The number of hydrogen-bond acceptors (Lipinski definition) is 4. The van der Waals surface area contributed by atoms with Crippen LogP contribution in [-0.2, 0) is 14.0 Å². The highest BCUT2D eigenvalue weighted by Crippen LogP contribution is 2.37. The van der Waals surface area contributed by atoms with Crippen LogP contribution in [0.2, 0.25) is 0 Å². The molecule has 0 N–H and O–H groups in total. The van der Waals surface area contributed by atoms with Gasteiger partial charge in [0, 0.05) is 0 Å². The lowest BCUT2D eigenvalue weighted by Gasteiger charge is -2.32. The van der Waals surface area contributed by atoms with Crippen LogP contribution in [0.1, 0.15) is 39.6 Å². The Labute approximate surface area is 101 Å². The lowest BCUT2D eigenvalue weighted by molar-refractivity contribution is 0.00578. The van der Waals surface area contributed by atoms with E-state index in [9.17, 15) is 0 Å². The van der Waals surface area contributed by atoms with E-state index in [-0.39, 0.29) is 17.3 Å². The predicted octanol–water partition coefficient (Wildman–Crippen LogP) is 1.65. The molecule has 92 valence electrons. The molecule has 1 aromatic heterocycles. The second-order valence-corrected chi connectivity index (χ2v) is 5.65. The fourth-order valence-corrected chi connectivity index (χ4v) is 1.84. The Morgan fingerprint density at radius 3 is 2.24 bits per heavy atom. The van der Waals surface area contributed by atoms with Crippen molar-refractivity contribution in [3.05, 3.63) is 17.9 Å². The molecule has 4 nitrogen and oxygen atoms in total.